The molecule has 0 saturated heterocycles. The Kier molecular flexibility index (Phi) is 6.38. The molecule has 0 radical (unpaired) electrons. The Balaban J connectivity index is 1.53. The number of carbonyl (C=O) groups excluding carboxylic acids is 1. The molecule has 1 amide bonds. The van der Waals surface area contributed by atoms with Gasteiger partial charge in [0.05, 0.1) is 10.0 Å². The van der Waals surface area contributed by atoms with Crippen molar-refractivity contribution < 1.29 is 9.53 Å². The fourth-order valence-electron chi connectivity index (χ4n) is 2.17. The van der Waals surface area contributed by atoms with Crippen molar-refractivity contribution in [2.24, 2.45) is 0 Å². The summed E-state index contributed by atoms with van der Waals surface area (Å²) >= 11 is 19.1. The third kappa shape index (κ3) is 5.35. The van der Waals surface area contributed by atoms with E-state index in [0.29, 0.717) is 32.4 Å². The summed E-state index contributed by atoms with van der Waals surface area (Å²) in [5.74, 6) is 0.162. The molecular weight excluding hydrogens is 415 g/mol. The highest BCUT2D eigenvalue weighted by atomic mass is 35.5. The number of hydrogen-bond acceptors (Lipinski definition) is 4. The van der Waals surface area contributed by atoms with Gasteiger partial charge in [0.15, 0.2) is 11.7 Å². The van der Waals surface area contributed by atoms with E-state index in [1.54, 1.807) is 24.4 Å². The van der Waals surface area contributed by atoms with Gasteiger partial charge in [-0.3, -0.25) is 10.1 Å². The largest absolute Gasteiger partial charge is 0.484 e. The molecular formula is C18H13Cl3N2O2S. The predicted molar refractivity (Wildman–Crippen MR) is 107 cm³/mol. The van der Waals surface area contributed by atoms with Crippen molar-refractivity contribution in [3.05, 3.63) is 74.2 Å². The number of rotatable bonds is 6. The van der Waals surface area contributed by atoms with Crippen molar-refractivity contribution >= 4 is 57.2 Å². The highest BCUT2D eigenvalue weighted by Gasteiger charge is 2.09. The second-order valence-corrected chi connectivity index (χ2v) is 7.72. The zero-order valence-electron chi connectivity index (χ0n) is 13.3. The lowest BCUT2D eigenvalue weighted by atomic mass is 10.1. The van der Waals surface area contributed by atoms with Gasteiger partial charge in [0.25, 0.3) is 5.91 Å². The molecule has 0 bridgehead atoms. The zero-order chi connectivity index (χ0) is 18.5. The number of benzene rings is 2. The highest BCUT2D eigenvalue weighted by molar-refractivity contribution is 7.15. The molecule has 1 aromatic heterocycles. The van der Waals surface area contributed by atoms with Gasteiger partial charge >= 0.3 is 0 Å². The van der Waals surface area contributed by atoms with E-state index in [1.807, 2.05) is 24.3 Å². The van der Waals surface area contributed by atoms with E-state index in [1.165, 1.54) is 11.3 Å². The number of carbonyl (C=O) groups is 1. The number of thiazole rings is 1. The van der Waals surface area contributed by atoms with Crippen LogP contribution in [0.25, 0.3) is 0 Å². The Morgan fingerprint density at radius 2 is 1.96 bits per heavy atom. The minimum atomic E-state index is -0.306. The van der Waals surface area contributed by atoms with Gasteiger partial charge in [-0.25, -0.2) is 4.98 Å². The third-order valence-corrected chi connectivity index (χ3v) is 5.22. The Morgan fingerprint density at radius 1 is 1.12 bits per heavy atom. The van der Waals surface area contributed by atoms with Gasteiger partial charge in [-0.15, -0.1) is 11.3 Å². The van der Waals surface area contributed by atoms with Crippen LogP contribution in [-0.2, 0) is 11.2 Å². The van der Waals surface area contributed by atoms with Crippen LogP contribution >= 0.6 is 46.1 Å². The van der Waals surface area contributed by atoms with E-state index in [2.05, 4.69) is 10.3 Å². The number of nitrogens with zero attached hydrogens (tertiary/aromatic N) is 1. The van der Waals surface area contributed by atoms with Gasteiger partial charge in [0.2, 0.25) is 0 Å². The zero-order valence-corrected chi connectivity index (χ0v) is 16.4. The van der Waals surface area contributed by atoms with Crippen LogP contribution in [0, 0.1) is 0 Å². The molecule has 2 aromatic carbocycles. The van der Waals surface area contributed by atoms with Gasteiger partial charge in [0, 0.05) is 28.6 Å². The molecule has 3 rings (SSSR count). The summed E-state index contributed by atoms with van der Waals surface area (Å²) in [7, 11) is 0. The van der Waals surface area contributed by atoms with E-state index in [-0.39, 0.29) is 12.5 Å². The second kappa shape index (κ2) is 8.73. The summed E-state index contributed by atoms with van der Waals surface area (Å²) in [6.45, 7) is -0.152. The van der Waals surface area contributed by atoms with E-state index in [4.69, 9.17) is 39.5 Å². The second-order valence-electron chi connectivity index (χ2n) is 5.35. The summed E-state index contributed by atoms with van der Waals surface area (Å²) in [5, 5.41) is 4.73. The lowest BCUT2D eigenvalue weighted by Gasteiger charge is -2.06. The van der Waals surface area contributed by atoms with Gasteiger partial charge in [0.1, 0.15) is 5.75 Å². The first-order valence-corrected chi connectivity index (χ1v) is 9.51. The van der Waals surface area contributed by atoms with Crippen LogP contribution in [-0.4, -0.2) is 17.5 Å². The number of anilines is 1. The quantitative estimate of drug-likeness (QED) is 0.548. The van der Waals surface area contributed by atoms with Gasteiger partial charge in [-0.1, -0.05) is 46.9 Å². The van der Waals surface area contributed by atoms with Crippen LogP contribution in [0.1, 0.15) is 10.4 Å². The number of ether oxygens (including phenoxy) is 1. The molecule has 0 unspecified atom stereocenters. The van der Waals surface area contributed by atoms with Crippen molar-refractivity contribution in [2.75, 3.05) is 11.9 Å². The van der Waals surface area contributed by atoms with Crippen LogP contribution in [0.2, 0.25) is 15.1 Å². The first kappa shape index (κ1) is 19.0. The third-order valence-electron chi connectivity index (χ3n) is 3.33. The maximum atomic E-state index is 12.0. The Bertz CT molecular complexity index is 930. The summed E-state index contributed by atoms with van der Waals surface area (Å²) in [6.07, 6.45) is 2.44. The lowest BCUT2D eigenvalue weighted by molar-refractivity contribution is -0.118. The molecule has 0 spiro atoms. The molecule has 4 nitrogen and oxygen atoms in total. The first-order chi connectivity index (χ1) is 12.5. The van der Waals surface area contributed by atoms with Gasteiger partial charge < -0.3 is 4.74 Å². The number of nitrogens with one attached hydrogen (secondary N) is 1. The van der Waals surface area contributed by atoms with Crippen LogP contribution in [0.4, 0.5) is 5.13 Å². The van der Waals surface area contributed by atoms with Crippen molar-refractivity contribution in [1.29, 1.82) is 0 Å². The van der Waals surface area contributed by atoms with Crippen molar-refractivity contribution in [3.8, 4) is 5.75 Å². The molecule has 0 aliphatic rings. The fourth-order valence-corrected chi connectivity index (χ4v) is 3.53. The molecule has 0 aliphatic heterocycles. The normalized spacial score (nSPS) is 10.6. The molecule has 134 valence electrons. The Labute approximate surface area is 169 Å². The smallest absolute Gasteiger partial charge is 0.264 e. The van der Waals surface area contributed by atoms with Crippen LogP contribution < -0.4 is 10.1 Å². The molecule has 3 aromatic rings. The standard InChI is InChI=1S/C18H13Cl3N2O2S/c19-12-3-1-2-11(6-12)7-14-9-22-18(26-14)23-17(24)10-25-13-4-5-15(20)16(21)8-13/h1-6,8-9H,7,10H2,(H,22,23,24). The summed E-state index contributed by atoms with van der Waals surface area (Å²) < 4.78 is 5.40. The number of amides is 1. The van der Waals surface area contributed by atoms with E-state index in [9.17, 15) is 4.79 Å². The maximum absolute atomic E-state index is 12.0. The van der Waals surface area contributed by atoms with Crippen LogP contribution in [0.3, 0.4) is 0 Å². The molecule has 0 fully saturated rings. The number of hydrogen-bond donors (Lipinski definition) is 1. The average molecular weight is 428 g/mol. The molecule has 8 heteroatoms. The average Bonchev–Trinajstić information content (AvgIpc) is 3.03. The first-order valence-electron chi connectivity index (χ1n) is 7.56. The summed E-state index contributed by atoms with van der Waals surface area (Å²) in [5.41, 5.74) is 1.09. The number of halogens is 3. The van der Waals surface area contributed by atoms with E-state index < -0.39 is 0 Å². The lowest BCUT2D eigenvalue weighted by Crippen LogP contribution is -2.19. The van der Waals surface area contributed by atoms with Crippen LogP contribution in [0.15, 0.2) is 48.7 Å². The fraction of sp³-hybridized carbons (Fsp3) is 0.111. The molecule has 1 heterocycles. The molecule has 0 aliphatic carbocycles. The SMILES string of the molecule is O=C(COc1ccc(Cl)c(Cl)c1)Nc1ncc(Cc2cccc(Cl)c2)s1. The van der Waals surface area contributed by atoms with E-state index in [0.717, 1.165) is 10.4 Å². The molecule has 0 atom stereocenters. The van der Waals surface area contributed by atoms with Gasteiger partial charge in [-0.05, 0) is 29.8 Å². The Hall–Kier alpha value is -1.79. The summed E-state index contributed by atoms with van der Waals surface area (Å²) in [4.78, 5) is 17.2. The van der Waals surface area contributed by atoms with Crippen molar-refractivity contribution in [1.82, 2.24) is 4.98 Å². The highest BCUT2D eigenvalue weighted by Crippen LogP contribution is 2.26. The monoisotopic (exact) mass is 426 g/mol. The molecule has 26 heavy (non-hydrogen) atoms. The summed E-state index contributed by atoms with van der Waals surface area (Å²) in [6, 6.07) is 12.5. The van der Waals surface area contributed by atoms with E-state index >= 15 is 0 Å². The van der Waals surface area contributed by atoms with Crippen molar-refractivity contribution in [3.63, 3.8) is 0 Å². The van der Waals surface area contributed by atoms with Gasteiger partial charge in [-0.2, -0.15) is 0 Å². The minimum Gasteiger partial charge on any atom is -0.484 e. The van der Waals surface area contributed by atoms with Crippen molar-refractivity contribution in [2.45, 2.75) is 6.42 Å². The molecule has 0 saturated carbocycles. The maximum Gasteiger partial charge on any atom is 0.264 e. The minimum absolute atomic E-state index is 0.152. The predicted octanol–water partition coefficient (Wildman–Crippen LogP) is 5.71. The van der Waals surface area contributed by atoms with Crippen LogP contribution in [0.5, 0.6) is 5.75 Å². The Morgan fingerprint density at radius 3 is 2.73 bits per heavy atom. The topological polar surface area (TPSA) is 51.2 Å². The number of aromatic nitrogens is 1. The molecule has 1 N–H and O–H groups in total.